The number of phenolic OH excluding ortho intramolecular Hbond substituents is 1. The Labute approximate surface area is 105 Å². The second kappa shape index (κ2) is 4.79. The Morgan fingerprint density at radius 2 is 1.83 bits per heavy atom. The SMILES string of the molecule is Cc1ccc(C(=O)Nc2ccc(N)cc2)c(O)c1. The number of carbonyl (C=O) groups is 1. The van der Waals surface area contributed by atoms with E-state index < -0.39 is 0 Å². The van der Waals surface area contributed by atoms with E-state index in [1.165, 1.54) is 0 Å². The molecule has 0 radical (unpaired) electrons. The summed E-state index contributed by atoms with van der Waals surface area (Å²) >= 11 is 0. The third kappa shape index (κ3) is 2.60. The van der Waals surface area contributed by atoms with Crippen LogP contribution in [0.15, 0.2) is 42.5 Å². The van der Waals surface area contributed by atoms with Gasteiger partial charge in [-0.3, -0.25) is 4.79 Å². The molecule has 0 aromatic heterocycles. The summed E-state index contributed by atoms with van der Waals surface area (Å²) in [7, 11) is 0. The molecule has 2 rings (SSSR count). The molecule has 0 atom stereocenters. The molecule has 0 aliphatic heterocycles. The van der Waals surface area contributed by atoms with Gasteiger partial charge in [0.1, 0.15) is 5.75 Å². The normalized spacial score (nSPS) is 10.1. The molecular formula is C14H14N2O2. The number of nitrogens with two attached hydrogens (primary N) is 1. The minimum Gasteiger partial charge on any atom is -0.507 e. The van der Waals surface area contributed by atoms with Gasteiger partial charge >= 0.3 is 0 Å². The lowest BCUT2D eigenvalue weighted by Crippen LogP contribution is -2.12. The number of aromatic hydroxyl groups is 1. The number of rotatable bonds is 2. The maximum atomic E-state index is 11.9. The molecule has 2 aromatic rings. The topological polar surface area (TPSA) is 75.4 Å². The number of nitrogens with one attached hydrogen (secondary N) is 1. The standard InChI is InChI=1S/C14H14N2O2/c1-9-2-7-12(13(17)8-9)14(18)16-11-5-3-10(15)4-6-11/h2-8,17H,15H2,1H3,(H,16,18). The molecule has 0 bridgehead atoms. The highest BCUT2D eigenvalue weighted by Crippen LogP contribution is 2.20. The lowest BCUT2D eigenvalue weighted by molar-refractivity contribution is 0.102. The molecule has 4 N–H and O–H groups in total. The van der Waals surface area contributed by atoms with Crippen LogP contribution in [0.4, 0.5) is 11.4 Å². The Morgan fingerprint density at radius 1 is 1.17 bits per heavy atom. The van der Waals surface area contributed by atoms with Gasteiger partial charge in [0.15, 0.2) is 0 Å². The highest BCUT2D eigenvalue weighted by Gasteiger charge is 2.10. The van der Waals surface area contributed by atoms with Crippen molar-refractivity contribution in [2.45, 2.75) is 6.92 Å². The predicted molar refractivity (Wildman–Crippen MR) is 71.7 cm³/mol. The fourth-order valence-corrected chi connectivity index (χ4v) is 1.60. The van der Waals surface area contributed by atoms with E-state index in [1.54, 1.807) is 42.5 Å². The van der Waals surface area contributed by atoms with E-state index in [2.05, 4.69) is 5.32 Å². The van der Waals surface area contributed by atoms with Crippen LogP contribution in [-0.4, -0.2) is 11.0 Å². The van der Waals surface area contributed by atoms with Gasteiger partial charge in [0.05, 0.1) is 5.56 Å². The maximum Gasteiger partial charge on any atom is 0.259 e. The number of anilines is 2. The number of hydrogen-bond donors (Lipinski definition) is 3. The smallest absolute Gasteiger partial charge is 0.259 e. The number of amides is 1. The van der Waals surface area contributed by atoms with Crippen molar-refractivity contribution in [1.82, 2.24) is 0 Å². The van der Waals surface area contributed by atoms with E-state index in [-0.39, 0.29) is 17.2 Å². The number of carbonyl (C=O) groups excluding carboxylic acids is 1. The molecule has 4 nitrogen and oxygen atoms in total. The summed E-state index contributed by atoms with van der Waals surface area (Å²) in [4.78, 5) is 11.9. The quantitative estimate of drug-likeness (QED) is 0.708. The van der Waals surface area contributed by atoms with Gasteiger partial charge in [0, 0.05) is 11.4 Å². The first-order valence-corrected chi connectivity index (χ1v) is 5.53. The van der Waals surface area contributed by atoms with Crippen molar-refractivity contribution in [3.63, 3.8) is 0 Å². The van der Waals surface area contributed by atoms with Gasteiger partial charge in [-0.1, -0.05) is 6.07 Å². The van der Waals surface area contributed by atoms with Crippen molar-refractivity contribution >= 4 is 17.3 Å². The van der Waals surface area contributed by atoms with Crippen molar-refractivity contribution in [1.29, 1.82) is 0 Å². The molecule has 92 valence electrons. The third-order valence-corrected chi connectivity index (χ3v) is 2.57. The molecule has 0 saturated heterocycles. The van der Waals surface area contributed by atoms with Gasteiger partial charge in [-0.2, -0.15) is 0 Å². The molecular weight excluding hydrogens is 228 g/mol. The molecule has 0 aliphatic rings. The molecule has 2 aromatic carbocycles. The second-order valence-corrected chi connectivity index (χ2v) is 4.10. The Hall–Kier alpha value is -2.49. The van der Waals surface area contributed by atoms with Crippen LogP contribution in [0.25, 0.3) is 0 Å². The van der Waals surface area contributed by atoms with Crippen LogP contribution in [0.2, 0.25) is 0 Å². The van der Waals surface area contributed by atoms with Crippen LogP contribution in [0.1, 0.15) is 15.9 Å². The highest BCUT2D eigenvalue weighted by molar-refractivity contribution is 6.06. The lowest BCUT2D eigenvalue weighted by atomic mass is 10.1. The minimum absolute atomic E-state index is 0.0251. The average molecular weight is 242 g/mol. The maximum absolute atomic E-state index is 11.9. The Kier molecular flexibility index (Phi) is 3.19. The Balaban J connectivity index is 2.19. The minimum atomic E-state index is -0.350. The van der Waals surface area contributed by atoms with Gasteiger partial charge < -0.3 is 16.2 Å². The fourth-order valence-electron chi connectivity index (χ4n) is 1.60. The summed E-state index contributed by atoms with van der Waals surface area (Å²) in [6.45, 7) is 1.85. The van der Waals surface area contributed by atoms with Gasteiger partial charge in [-0.15, -0.1) is 0 Å². The predicted octanol–water partition coefficient (Wildman–Crippen LogP) is 2.54. The zero-order chi connectivity index (χ0) is 13.1. The largest absolute Gasteiger partial charge is 0.507 e. The molecule has 18 heavy (non-hydrogen) atoms. The first-order valence-electron chi connectivity index (χ1n) is 5.53. The molecule has 1 amide bonds. The van der Waals surface area contributed by atoms with Gasteiger partial charge in [0.2, 0.25) is 0 Å². The zero-order valence-electron chi connectivity index (χ0n) is 9.97. The van der Waals surface area contributed by atoms with Crippen molar-refractivity contribution in [2.75, 3.05) is 11.1 Å². The molecule has 0 spiro atoms. The van der Waals surface area contributed by atoms with E-state index in [1.807, 2.05) is 6.92 Å². The van der Waals surface area contributed by atoms with E-state index >= 15 is 0 Å². The van der Waals surface area contributed by atoms with Crippen LogP contribution >= 0.6 is 0 Å². The van der Waals surface area contributed by atoms with Crippen molar-refractivity contribution in [3.05, 3.63) is 53.6 Å². The van der Waals surface area contributed by atoms with E-state index in [4.69, 9.17) is 5.73 Å². The highest BCUT2D eigenvalue weighted by atomic mass is 16.3. The first kappa shape index (κ1) is 12.0. The van der Waals surface area contributed by atoms with Crippen LogP contribution in [-0.2, 0) is 0 Å². The van der Waals surface area contributed by atoms with E-state index in [9.17, 15) is 9.90 Å². The van der Waals surface area contributed by atoms with Crippen molar-refractivity contribution < 1.29 is 9.90 Å². The number of hydrogen-bond acceptors (Lipinski definition) is 3. The summed E-state index contributed by atoms with van der Waals surface area (Å²) < 4.78 is 0. The summed E-state index contributed by atoms with van der Waals surface area (Å²) in [5, 5.41) is 12.4. The Bertz CT molecular complexity index is 577. The monoisotopic (exact) mass is 242 g/mol. The van der Waals surface area contributed by atoms with Gasteiger partial charge in [0.25, 0.3) is 5.91 Å². The summed E-state index contributed by atoms with van der Waals surface area (Å²) in [6, 6.07) is 11.7. The van der Waals surface area contributed by atoms with Crippen LogP contribution in [0.5, 0.6) is 5.75 Å². The second-order valence-electron chi connectivity index (χ2n) is 4.10. The van der Waals surface area contributed by atoms with Crippen molar-refractivity contribution in [2.24, 2.45) is 0 Å². The Morgan fingerprint density at radius 3 is 2.44 bits per heavy atom. The average Bonchev–Trinajstić information content (AvgIpc) is 2.32. The van der Waals surface area contributed by atoms with E-state index in [0.717, 1.165) is 5.56 Å². The number of aryl methyl sites for hydroxylation is 1. The molecule has 0 saturated carbocycles. The number of nitrogen functional groups attached to an aromatic ring is 1. The summed E-state index contributed by atoms with van der Waals surface area (Å²) in [5.41, 5.74) is 7.97. The molecule has 0 fully saturated rings. The van der Waals surface area contributed by atoms with Crippen LogP contribution in [0.3, 0.4) is 0 Å². The van der Waals surface area contributed by atoms with Gasteiger partial charge in [-0.05, 0) is 48.9 Å². The van der Waals surface area contributed by atoms with E-state index in [0.29, 0.717) is 11.4 Å². The molecule has 0 unspecified atom stereocenters. The molecule has 0 heterocycles. The molecule has 0 aliphatic carbocycles. The zero-order valence-corrected chi connectivity index (χ0v) is 9.97. The van der Waals surface area contributed by atoms with Crippen LogP contribution < -0.4 is 11.1 Å². The van der Waals surface area contributed by atoms with Crippen LogP contribution in [0, 0.1) is 6.92 Å². The summed E-state index contributed by atoms with van der Waals surface area (Å²) in [6.07, 6.45) is 0. The van der Waals surface area contributed by atoms with Crippen molar-refractivity contribution in [3.8, 4) is 5.75 Å². The molecule has 4 heteroatoms. The van der Waals surface area contributed by atoms with Gasteiger partial charge in [-0.25, -0.2) is 0 Å². The lowest BCUT2D eigenvalue weighted by Gasteiger charge is -2.07. The third-order valence-electron chi connectivity index (χ3n) is 2.57. The fraction of sp³-hybridized carbons (Fsp3) is 0.0714. The number of phenols is 1. The summed E-state index contributed by atoms with van der Waals surface area (Å²) in [5.74, 6) is -0.375. The number of benzene rings is 2. The first-order chi connectivity index (χ1) is 8.56.